The number of nitrogens with zero attached hydrogens (tertiary/aromatic N) is 1. The van der Waals surface area contributed by atoms with E-state index in [4.69, 9.17) is 9.73 Å². The number of methoxy groups -OCH3 is 1. The SMILES string of the molecule is CCNC(=NCc1ccccc1COC)NC1CCCC1.I. The van der Waals surface area contributed by atoms with Crippen LogP contribution >= 0.6 is 24.0 Å². The molecular formula is C17H28IN3O. The molecule has 0 bridgehead atoms. The Morgan fingerprint density at radius 3 is 2.55 bits per heavy atom. The lowest BCUT2D eigenvalue weighted by Gasteiger charge is -2.17. The van der Waals surface area contributed by atoms with Crippen molar-refractivity contribution in [3.8, 4) is 0 Å². The summed E-state index contributed by atoms with van der Waals surface area (Å²) >= 11 is 0. The van der Waals surface area contributed by atoms with Crippen LogP contribution in [-0.2, 0) is 17.9 Å². The molecule has 0 unspecified atom stereocenters. The molecule has 0 amide bonds. The van der Waals surface area contributed by atoms with E-state index < -0.39 is 0 Å². The maximum Gasteiger partial charge on any atom is 0.191 e. The van der Waals surface area contributed by atoms with Crippen molar-refractivity contribution in [3.05, 3.63) is 35.4 Å². The molecule has 22 heavy (non-hydrogen) atoms. The molecule has 1 aromatic carbocycles. The van der Waals surface area contributed by atoms with Gasteiger partial charge in [0.25, 0.3) is 0 Å². The summed E-state index contributed by atoms with van der Waals surface area (Å²) in [5, 5.41) is 6.89. The van der Waals surface area contributed by atoms with Gasteiger partial charge >= 0.3 is 0 Å². The van der Waals surface area contributed by atoms with Crippen molar-refractivity contribution in [2.45, 2.75) is 51.8 Å². The van der Waals surface area contributed by atoms with Gasteiger partial charge in [0.1, 0.15) is 0 Å². The highest BCUT2D eigenvalue weighted by molar-refractivity contribution is 14.0. The summed E-state index contributed by atoms with van der Waals surface area (Å²) in [6.07, 6.45) is 5.16. The van der Waals surface area contributed by atoms with E-state index in [2.05, 4.69) is 35.8 Å². The van der Waals surface area contributed by atoms with E-state index in [-0.39, 0.29) is 24.0 Å². The standard InChI is InChI=1S/C17H27N3O.HI/c1-3-18-17(20-16-10-6-7-11-16)19-12-14-8-4-5-9-15(14)13-21-2;/h4-5,8-9,16H,3,6-7,10-13H2,1-2H3,(H2,18,19,20);1H. The predicted octanol–water partition coefficient (Wildman–Crippen LogP) is 3.45. The van der Waals surface area contributed by atoms with Gasteiger partial charge in [0.2, 0.25) is 0 Å². The fraction of sp³-hybridized carbons (Fsp3) is 0.588. The molecule has 0 spiro atoms. The number of hydrogen-bond acceptors (Lipinski definition) is 2. The fourth-order valence-electron chi connectivity index (χ4n) is 2.76. The second kappa shape index (κ2) is 10.8. The monoisotopic (exact) mass is 417 g/mol. The number of guanidine groups is 1. The van der Waals surface area contributed by atoms with Gasteiger partial charge in [-0.3, -0.25) is 0 Å². The zero-order valence-corrected chi connectivity index (χ0v) is 15.9. The van der Waals surface area contributed by atoms with Crippen LogP contribution in [0.3, 0.4) is 0 Å². The van der Waals surface area contributed by atoms with Crippen molar-refractivity contribution in [2.75, 3.05) is 13.7 Å². The number of hydrogen-bond donors (Lipinski definition) is 2. The van der Waals surface area contributed by atoms with Gasteiger partial charge in [-0.1, -0.05) is 37.1 Å². The molecule has 1 aromatic rings. The first-order valence-corrected chi connectivity index (χ1v) is 7.94. The molecule has 1 saturated carbocycles. The number of benzene rings is 1. The highest BCUT2D eigenvalue weighted by Crippen LogP contribution is 2.17. The number of rotatable bonds is 6. The Bertz CT molecular complexity index is 459. The Morgan fingerprint density at radius 1 is 1.23 bits per heavy atom. The van der Waals surface area contributed by atoms with E-state index in [9.17, 15) is 0 Å². The first-order valence-electron chi connectivity index (χ1n) is 7.94. The largest absolute Gasteiger partial charge is 0.380 e. The molecule has 2 rings (SSSR count). The minimum Gasteiger partial charge on any atom is -0.380 e. The Kier molecular flexibility index (Phi) is 9.47. The van der Waals surface area contributed by atoms with Crippen LogP contribution in [0.4, 0.5) is 0 Å². The van der Waals surface area contributed by atoms with Gasteiger partial charge in [-0.15, -0.1) is 24.0 Å². The summed E-state index contributed by atoms with van der Waals surface area (Å²) in [4.78, 5) is 4.73. The van der Waals surface area contributed by atoms with Crippen LogP contribution in [0.5, 0.6) is 0 Å². The molecule has 0 aromatic heterocycles. The topological polar surface area (TPSA) is 45.7 Å². The van der Waals surface area contributed by atoms with Gasteiger partial charge in [-0.2, -0.15) is 0 Å². The highest BCUT2D eigenvalue weighted by Gasteiger charge is 2.15. The average Bonchev–Trinajstić information content (AvgIpc) is 3.00. The molecule has 4 nitrogen and oxygen atoms in total. The number of ether oxygens (including phenoxy) is 1. The van der Waals surface area contributed by atoms with Crippen LogP contribution in [0.15, 0.2) is 29.3 Å². The fourth-order valence-corrected chi connectivity index (χ4v) is 2.76. The molecule has 0 heterocycles. The molecule has 1 aliphatic carbocycles. The Balaban J connectivity index is 0.00000242. The van der Waals surface area contributed by atoms with Crippen LogP contribution < -0.4 is 10.6 Å². The third-order valence-corrected chi connectivity index (χ3v) is 3.87. The van der Waals surface area contributed by atoms with Crippen LogP contribution in [-0.4, -0.2) is 25.7 Å². The maximum absolute atomic E-state index is 5.25. The average molecular weight is 417 g/mol. The molecule has 0 aliphatic heterocycles. The second-order valence-electron chi connectivity index (χ2n) is 5.52. The Labute approximate surface area is 151 Å². The quantitative estimate of drug-likeness (QED) is 0.424. The molecular weight excluding hydrogens is 389 g/mol. The summed E-state index contributed by atoms with van der Waals surface area (Å²) in [5.74, 6) is 0.927. The van der Waals surface area contributed by atoms with E-state index in [1.54, 1.807) is 7.11 Å². The normalized spacial score (nSPS) is 15.5. The lowest BCUT2D eigenvalue weighted by atomic mass is 10.1. The smallest absolute Gasteiger partial charge is 0.191 e. The van der Waals surface area contributed by atoms with E-state index in [1.165, 1.54) is 36.8 Å². The van der Waals surface area contributed by atoms with E-state index in [0.717, 1.165) is 12.5 Å². The zero-order valence-electron chi connectivity index (χ0n) is 13.6. The van der Waals surface area contributed by atoms with Crippen LogP contribution in [0.25, 0.3) is 0 Å². The van der Waals surface area contributed by atoms with Gasteiger partial charge in [0.05, 0.1) is 13.2 Å². The van der Waals surface area contributed by atoms with Crippen molar-refractivity contribution in [1.29, 1.82) is 0 Å². The van der Waals surface area contributed by atoms with E-state index in [0.29, 0.717) is 19.2 Å². The summed E-state index contributed by atoms with van der Waals surface area (Å²) in [6.45, 7) is 4.31. The summed E-state index contributed by atoms with van der Waals surface area (Å²) < 4.78 is 5.25. The number of halogens is 1. The first-order chi connectivity index (χ1) is 10.3. The molecule has 1 aliphatic rings. The van der Waals surface area contributed by atoms with Gasteiger partial charge in [-0.05, 0) is 30.9 Å². The van der Waals surface area contributed by atoms with Crippen molar-refractivity contribution in [2.24, 2.45) is 4.99 Å². The molecule has 2 N–H and O–H groups in total. The van der Waals surface area contributed by atoms with Crippen LogP contribution in [0, 0.1) is 0 Å². The summed E-state index contributed by atoms with van der Waals surface area (Å²) in [7, 11) is 1.73. The maximum atomic E-state index is 5.25. The zero-order chi connectivity index (χ0) is 14.9. The lowest BCUT2D eigenvalue weighted by Crippen LogP contribution is -2.42. The minimum atomic E-state index is 0. The summed E-state index contributed by atoms with van der Waals surface area (Å²) in [6, 6.07) is 8.91. The highest BCUT2D eigenvalue weighted by atomic mass is 127. The predicted molar refractivity (Wildman–Crippen MR) is 103 cm³/mol. The van der Waals surface area contributed by atoms with E-state index >= 15 is 0 Å². The van der Waals surface area contributed by atoms with E-state index in [1.807, 2.05) is 6.07 Å². The van der Waals surface area contributed by atoms with Crippen molar-refractivity contribution < 1.29 is 4.74 Å². The Hall–Kier alpha value is -0.820. The van der Waals surface area contributed by atoms with Crippen LogP contribution in [0.1, 0.15) is 43.7 Å². The lowest BCUT2D eigenvalue weighted by molar-refractivity contribution is 0.184. The molecule has 0 saturated heterocycles. The third-order valence-electron chi connectivity index (χ3n) is 3.87. The molecule has 0 atom stereocenters. The molecule has 124 valence electrons. The van der Waals surface area contributed by atoms with Crippen molar-refractivity contribution >= 4 is 29.9 Å². The first kappa shape index (κ1) is 19.2. The van der Waals surface area contributed by atoms with Crippen LogP contribution in [0.2, 0.25) is 0 Å². The van der Waals surface area contributed by atoms with Gasteiger partial charge in [-0.25, -0.2) is 4.99 Å². The minimum absolute atomic E-state index is 0. The third kappa shape index (κ3) is 6.12. The van der Waals surface area contributed by atoms with Gasteiger partial charge < -0.3 is 15.4 Å². The molecule has 5 heteroatoms. The van der Waals surface area contributed by atoms with Gasteiger partial charge in [0, 0.05) is 19.7 Å². The molecule has 1 fully saturated rings. The summed E-state index contributed by atoms with van der Waals surface area (Å²) in [5.41, 5.74) is 2.43. The number of aliphatic imine (C=N–C) groups is 1. The number of nitrogens with one attached hydrogen (secondary N) is 2. The van der Waals surface area contributed by atoms with Crippen molar-refractivity contribution in [1.82, 2.24) is 10.6 Å². The Morgan fingerprint density at radius 2 is 1.91 bits per heavy atom. The second-order valence-corrected chi connectivity index (χ2v) is 5.52. The van der Waals surface area contributed by atoms with Crippen molar-refractivity contribution in [3.63, 3.8) is 0 Å². The molecule has 0 radical (unpaired) electrons. The van der Waals surface area contributed by atoms with Gasteiger partial charge in [0.15, 0.2) is 5.96 Å².